The molecule has 1 aliphatic rings. The summed E-state index contributed by atoms with van der Waals surface area (Å²) in [5.41, 5.74) is 0. The van der Waals surface area contributed by atoms with Crippen LogP contribution in [0.3, 0.4) is 0 Å². The summed E-state index contributed by atoms with van der Waals surface area (Å²) in [7, 11) is 0. The van der Waals surface area contributed by atoms with Crippen molar-refractivity contribution in [3.05, 3.63) is 0 Å². The van der Waals surface area contributed by atoms with Crippen molar-refractivity contribution in [3.63, 3.8) is 0 Å². The van der Waals surface area contributed by atoms with Crippen LogP contribution in [0.1, 0.15) is 58.8 Å². The Morgan fingerprint density at radius 1 is 1.00 bits per heavy atom. The second-order valence-electron chi connectivity index (χ2n) is 3.35. The minimum atomic E-state index is 0.0255. The lowest BCUT2D eigenvalue weighted by Crippen LogP contribution is -2.02. The van der Waals surface area contributed by atoms with Gasteiger partial charge in [-0.3, -0.25) is 0 Å². The van der Waals surface area contributed by atoms with Crippen LogP contribution in [0.5, 0.6) is 0 Å². The first-order valence-electron chi connectivity index (χ1n) is 4.99. The summed E-state index contributed by atoms with van der Waals surface area (Å²) in [6.45, 7) is 4.25. The molecular formula is C10H22O. The van der Waals surface area contributed by atoms with E-state index in [0.717, 1.165) is 12.8 Å². The largest absolute Gasteiger partial charge is 0.393 e. The highest BCUT2D eigenvalue weighted by atomic mass is 16.3. The fraction of sp³-hybridized carbons (Fsp3) is 1.00. The van der Waals surface area contributed by atoms with Crippen molar-refractivity contribution in [2.75, 3.05) is 0 Å². The Hall–Kier alpha value is -0.0400. The lowest BCUT2D eigenvalue weighted by atomic mass is 10.2. The van der Waals surface area contributed by atoms with Gasteiger partial charge in [-0.05, 0) is 12.8 Å². The molecule has 0 unspecified atom stereocenters. The van der Waals surface area contributed by atoms with Crippen molar-refractivity contribution >= 4 is 0 Å². The minimum Gasteiger partial charge on any atom is -0.393 e. The Morgan fingerprint density at radius 2 is 1.36 bits per heavy atom. The van der Waals surface area contributed by atoms with Crippen LogP contribution >= 0.6 is 0 Å². The van der Waals surface area contributed by atoms with Crippen LogP contribution in [-0.4, -0.2) is 11.2 Å². The molecule has 1 aliphatic carbocycles. The van der Waals surface area contributed by atoms with E-state index in [1.807, 2.05) is 0 Å². The first kappa shape index (κ1) is 11.0. The third-order valence-corrected chi connectivity index (χ3v) is 1.82. The smallest absolute Gasteiger partial charge is 0.0540 e. The van der Waals surface area contributed by atoms with Gasteiger partial charge < -0.3 is 5.11 Å². The van der Waals surface area contributed by atoms with E-state index in [1.165, 1.54) is 32.1 Å². The van der Waals surface area contributed by atoms with E-state index < -0.39 is 0 Å². The highest BCUT2D eigenvalue weighted by Crippen LogP contribution is 2.16. The lowest BCUT2D eigenvalue weighted by Gasteiger charge is -2.02. The fourth-order valence-corrected chi connectivity index (χ4v) is 1.26. The van der Waals surface area contributed by atoms with Crippen LogP contribution in [0.15, 0.2) is 0 Å². The van der Waals surface area contributed by atoms with Crippen molar-refractivity contribution in [1.82, 2.24) is 0 Å². The van der Waals surface area contributed by atoms with Crippen molar-refractivity contribution in [3.8, 4) is 0 Å². The van der Waals surface area contributed by atoms with Gasteiger partial charge in [0.1, 0.15) is 0 Å². The fourth-order valence-electron chi connectivity index (χ4n) is 1.26. The molecule has 1 rings (SSSR count). The zero-order valence-corrected chi connectivity index (χ0v) is 7.97. The van der Waals surface area contributed by atoms with E-state index in [0.29, 0.717) is 0 Å². The van der Waals surface area contributed by atoms with Crippen molar-refractivity contribution in [1.29, 1.82) is 0 Å². The topological polar surface area (TPSA) is 20.2 Å². The van der Waals surface area contributed by atoms with E-state index in [2.05, 4.69) is 13.8 Å². The van der Waals surface area contributed by atoms with Crippen molar-refractivity contribution in [2.45, 2.75) is 64.9 Å². The van der Waals surface area contributed by atoms with Crippen molar-refractivity contribution < 1.29 is 5.11 Å². The monoisotopic (exact) mass is 158 g/mol. The molecule has 1 N–H and O–H groups in total. The number of aliphatic hydroxyl groups excluding tert-OH is 1. The predicted molar refractivity (Wildman–Crippen MR) is 49.7 cm³/mol. The van der Waals surface area contributed by atoms with Gasteiger partial charge in [0.2, 0.25) is 0 Å². The summed E-state index contributed by atoms with van der Waals surface area (Å²) in [5.74, 6) is 0. The van der Waals surface area contributed by atoms with E-state index in [-0.39, 0.29) is 6.10 Å². The summed E-state index contributed by atoms with van der Waals surface area (Å²) in [6, 6.07) is 0. The molecule has 1 saturated carbocycles. The Kier molecular flexibility index (Phi) is 8.03. The van der Waals surface area contributed by atoms with Crippen LogP contribution in [0.4, 0.5) is 0 Å². The highest BCUT2D eigenvalue weighted by molar-refractivity contribution is 4.60. The summed E-state index contributed by atoms with van der Waals surface area (Å²) in [5, 5.41) is 9.09. The van der Waals surface area contributed by atoms with Gasteiger partial charge in [0, 0.05) is 0 Å². The normalized spacial score (nSPS) is 19.9. The molecule has 0 bridgehead atoms. The molecule has 0 aromatic rings. The quantitative estimate of drug-likeness (QED) is 0.537. The molecule has 0 atom stereocenters. The molecular weight excluding hydrogens is 136 g/mol. The number of aliphatic hydroxyl groups is 1. The van der Waals surface area contributed by atoms with E-state index in [4.69, 9.17) is 5.11 Å². The molecule has 68 valence electrons. The lowest BCUT2D eigenvalue weighted by molar-refractivity contribution is 0.157. The molecule has 11 heavy (non-hydrogen) atoms. The molecule has 0 aromatic heterocycles. The molecule has 1 nitrogen and oxygen atoms in total. The van der Waals surface area contributed by atoms with Gasteiger partial charge in [-0.25, -0.2) is 0 Å². The first-order valence-corrected chi connectivity index (χ1v) is 4.99. The Bertz CT molecular complexity index is 63.3. The van der Waals surface area contributed by atoms with Crippen LogP contribution in [-0.2, 0) is 0 Å². The summed E-state index contributed by atoms with van der Waals surface area (Å²) in [6.07, 6.45) is 8.49. The first-order chi connectivity index (χ1) is 5.31. The zero-order valence-electron chi connectivity index (χ0n) is 7.97. The van der Waals surface area contributed by atoms with Gasteiger partial charge in [-0.2, -0.15) is 0 Å². The SMILES string of the molecule is CCC.OC1CCCCCC1. The molecule has 0 aromatic carbocycles. The van der Waals surface area contributed by atoms with E-state index in [9.17, 15) is 0 Å². The average molecular weight is 158 g/mol. The molecule has 0 spiro atoms. The van der Waals surface area contributed by atoms with Crippen LogP contribution in [0, 0.1) is 0 Å². The Morgan fingerprint density at radius 3 is 1.73 bits per heavy atom. The molecule has 1 fully saturated rings. The second kappa shape index (κ2) is 8.06. The molecule has 1 heteroatoms. The molecule has 0 amide bonds. The maximum Gasteiger partial charge on any atom is 0.0540 e. The summed E-state index contributed by atoms with van der Waals surface area (Å²) < 4.78 is 0. The third kappa shape index (κ3) is 7.86. The zero-order chi connectivity index (χ0) is 8.53. The van der Waals surface area contributed by atoms with Gasteiger partial charge in [0.25, 0.3) is 0 Å². The Balaban J connectivity index is 0.000000292. The van der Waals surface area contributed by atoms with Gasteiger partial charge in [0.15, 0.2) is 0 Å². The molecule has 0 heterocycles. The van der Waals surface area contributed by atoms with E-state index in [1.54, 1.807) is 0 Å². The summed E-state index contributed by atoms with van der Waals surface area (Å²) >= 11 is 0. The summed E-state index contributed by atoms with van der Waals surface area (Å²) in [4.78, 5) is 0. The highest BCUT2D eigenvalue weighted by Gasteiger charge is 2.06. The van der Waals surface area contributed by atoms with Gasteiger partial charge in [-0.1, -0.05) is 46.0 Å². The molecule has 0 aliphatic heterocycles. The average Bonchev–Trinajstić information content (AvgIpc) is 2.18. The second-order valence-corrected chi connectivity index (χ2v) is 3.35. The maximum atomic E-state index is 9.09. The molecule has 0 radical (unpaired) electrons. The standard InChI is InChI=1S/C7H14O.C3H8/c8-7-5-3-1-2-4-6-7;1-3-2/h7-8H,1-6H2;3H2,1-2H3. The number of hydrogen-bond acceptors (Lipinski definition) is 1. The molecule has 0 saturated heterocycles. The third-order valence-electron chi connectivity index (χ3n) is 1.82. The maximum absolute atomic E-state index is 9.09. The minimum absolute atomic E-state index is 0.0255. The number of hydrogen-bond donors (Lipinski definition) is 1. The Labute approximate surface area is 70.8 Å². The number of rotatable bonds is 0. The van der Waals surface area contributed by atoms with Gasteiger partial charge in [-0.15, -0.1) is 0 Å². The van der Waals surface area contributed by atoms with Crippen LogP contribution in [0.2, 0.25) is 0 Å². The van der Waals surface area contributed by atoms with Gasteiger partial charge >= 0.3 is 0 Å². The van der Waals surface area contributed by atoms with E-state index >= 15 is 0 Å². The predicted octanol–water partition coefficient (Wildman–Crippen LogP) is 3.12. The van der Waals surface area contributed by atoms with Gasteiger partial charge in [0.05, 0.1) is 6.10 Å². The van der Waals surface area contributed by atoms with Crippen molar-refractivity contribution in [2.24, 2.45) is 0 Å². The van der Waals surface area contributed by atoms with Crippen LogP contribution in [0.25, 0.3) is 0 Å². The van der Waals surface area contributed by atoms with Crippen LogP contribution < -0.4 is 0 Å².